The van der Waals surface area contributed by atoms with Gasteiger partial charge in [-0.05, 0) is 25.5 Å². The molecule has 5 atom stereocenters. The van der Waals surface area contributed by atoms with Gasteiger partial charge in [-0.3, -0.25) is 0 Å². The van der Waals surface area contributed by atoms with E-state index in [1.165, 1.54) is 0 Å². The normalized spacial score (nSPS) is 38.3. The second-order valence-corrected chi connectivity index (χ2v) is 4.78. The average Bonchev–Trinajstić information content (AvgIpc) is 2.32. The Morgan fingerprint density at radius 3 is 2.41 bits per heavy atom. The van der Waals surface area contributed by atoms with Crippen LogP contribution in [0.5, 0.6) is 0 Å². The summed E-state index contributed by atoms with van der Waals surface area (Å²) in [5.74, 6) is 0.852. The van der Waals surface area contributed by atoms with Crippen molar-refractivity contribution < 1.29 is 24.8 Å². The number of thiol groups is 1. The van der Waals surface area contributed by atoms with E-state index in [1.807, 2.05) is 0 Å². The lowest BCUT2D eigenvalue weighted by atomic mass is 10.0. The van der Waals surface area contributed by atoms with E-state index in [2.05, 4.69) is 12.6 Å². The van der Waals surface area contributed by atoms with Gasteiger partial charge in [-0.2, -0.15) is 12.6 Å². The summed E-state index contributed by atoms with van der Waals surface area (Å²) in [5, 5.41) is 28.7. The number of ether oxygens (including phenoxy) is 2. The summed E-state index contributed by atoms with van der Waals surface area (Å²) in [6.07, 6.45) is -2.01. The molecule has 1 heterocycles. The predicted molar refractivity (Wildman–Crippen MR) is 66.0 cm³/mol. The van der Waals surface area contributed by atoms with E-state index in [-0.39, 0.29) is 0 Å². The van der Waals surface area contributed by atoms with Gasteiger partial charge in [0.1, 0.15) is 18.3 Å². The first kappa shape index (κ1) is 15.2. The minimum atomic E-state index is -1.22. The van der Waals surface area contributed by atoms with Crippen LogP contribution >= 0.6 is 12.6 Å². The van der Waals surface area contributed by atoms with E-state index in [9.17, 15) is 15.3 Å². The minimum absolute atomic E-state index is 0.463. The number of aliphatic hydroxyl groups is 3. The Labute approximate surface area is 107 Å². The average molecular weight is 266 g/mol. The molecule has 1 saturated heterocycles. The lowest BCUT2D eigenvalue weighted by Gasteiger charge is -2.38. The molecule has 0 aliphatic carbocycles. The highest BCUT2D eigenvalue weighted by molar-refractivity contribution is 7.80. The molecule has 0 saturated carbocycles. The minimum Gasteiger partial charge on any atom is -0.388 e. The van der Waals surface area contributed by atoms with Crippen molar-refractivity contribution in [3.05, 3.63) is 0 Å². The molecule has 0 bridgehead atoms. The standard InChI is InChI=1S/C11H22O5S/c1-7-8(12)9(13)10(14)11(16-7)15-5-3-2-4-6-17/h7-14,17H,2-6H2,1H3. The molecule has 3 N–H and O–H groups in total. The van der Waals surface area contributed by atoms with E-state index in [0.717, 1.165) is 25.0 Å². The molecule has 6 heteroatoms. The fraction of sp³-hybridized carbons (Fsp3) is 1.00. The first-order valence-corrected chi connectivity index (χ1v) is 6.63. The first-order chi connectivity index (χ1) is 8.07. The fourth-order valence-electron chi connectivity index (χ4n) is 1.74. The van der Waals surface area contributed by atoms with E-state index in [0.29, 0.717) is 6.61 Å². The number of rotatable bonds is 6. The van der Waals surface area contributed by atoms with Gasteiger partial charge in [0.25, 0.3) is 0 Å². The van der Waals surface area contributed by atoms with Crippen molar-refractivity contribution >= 4 is 12.6 Å². The van der Waals surface area contributed by atoms with Crippen LogP contribution in [0.4, 0.5) is 0 Å². The van der Waals surface area contributed by atoms with Crippen molar-refractivity contribution in [1.82, 2.24) is 0 Å². The largest absolute Gasteiger partial charge is 0.388 e. The summed E-state index contributed by atoms with van der Waals surface area (Å²) >= 11 is 4.11. The molecule has 1 rings (SSSR count). The highest BCUT2D eigenvalue weighted by Crippen LogP contribution is 2.21. The molecule has 5 nitrogen and oxygen atoms in total. The molecule has 1 aliphatic rings. The van der Waals surface area contributed by atoms with Gasteiger partial charge in [0, 0.05) is 6.61 Å². The number of unbranched alkanes of at least 4 members (excludes halogenated alkanes) is 2. The van der Waals surface area contributed by atoms with Crippen LogP contribution in [-0.2, 0) is 9.47 Å². The number of aliphatic hydroxyl groups excluding tert-OH is 3. The summed E-state index contributed by atoms with van der Waals surface area (Å²) in [5.41, 5.74) is 0. The Morgan fingerprint density at radius 2 is 1.76 bits per heavy atom. The zero-order valence-electron chi connectivity index (χ0n) is 10.0. The molecule has 0 aromatic heterocycles. The Hall–Kier alpha value is 0.150. The van der Waals surface area contributed by atoms with Crippen molar-refractivity contribution in [2.45, 2.75) is 56.9 Å². The second kappa shape index (κ2) is 7.56. The van der Waals surface area contributed by atoms with Crippen molar-refractivity contribution in [1.29, 1.82) is 0 Å². The van der Waals surface area contributed by atoms with E-state index < -0.39 is 30.7 Å². The van der Waals surface area contributed by atoms with E-state index in [1.54, 1.807) is 6.92 Å². The van der Waals surface area contributed by atoms with Crippen LogP contribution in [0, 0.1) is 0 Å². The number of hydrogen-bond acceptors (Lipinski definition) is 6. The van der Waals surface area contributed by atoms with Gasteiger partial charge in [-0.25, -0.2) is 0 Å². The Kier molecular flexibility index (Phi) is 6.76. The van der Waals surface area contributed by atoms with Crippen molar-refractivity contribution in [3.8, 4) is 0 Å². The number of hydrogen-bond donors (Lipinski definition) is 4. The molecular weight excluding hydrogens is 244 g/mol. The first-order valence-electron chi connectivity index (χ1n) is 6.00. The van der Waals surface area contributed by atoms with Crippen LogP contribution in [0.15, 0.2) is 0 Å². The van der Waals surface area contributed by atoms with Crippen LogP contribution in [-0.4, -0.2) is 58.4 Å². The van der Waals surface area contributed by atoms with Gasteiger partial charge >= 0.3 is 0 Å². The van der Waals surface area contributed by atoms with E-state index in [4.69, 9.17) is 9.47 Å². The summed E-state index contributed by atoms with van der Waals surface area (Å²) in [6, 6.07) is 0. The Bertz CT molecular complexity index is 216. The molecule has 0 aromatic carbocycles. The van der Waals surface area contributed by atoms with Gasteiger partial charge < -0.3 is 24.8 Å². The third-order valence-electron chi connectivity index (χ3n) is 2.89. The van der Waals surface area contributed by atoms with Crippen molar-refractivity contribution in [2.24, 2.45) is 0 Å². The molecule has 5 unspecified atom stereocenters. The summed E-state index contributed by atoms with van der Waals surface area (Å²) in [7, 11) is 0. The van der Waals surface area contributed by atoms with Crippen LogP contribution < -0.4 is 0 Å². The van der Waals surface area contributed by atoms with Gasteiger partial charge in [0.15, 0.2) is 6.29 Å². The maximum absolute atomic E-state index is 9.66. The maximum atomic E-state index is 9.66. The van der Waals surface area contributed by atoms with Crippen LogP contribution in [0.1, 0.15) is 26.2 Å². The summed E-state index contributed by atoms with van der Waals surface area (Å²) in [6.45, 7) is 2.10. The van der Waals surface area contributed by atoms with Crippen LogP contribution in [0.2, 0.25) is 0 Å². The zero-order valence-corrected chi connectivity index (χ0v) is 10.9. The highest BCUT2D eigenvalue weighted by Gasteiger charge is 2.42. The topological polar surface area (TPSA) is 79.2 Å². The smallest absolute Gasteiger partial charge is 0.186 e. The third kappa shape index (κ3) is 4.39. The zero-order chi connectivity index (χ0) is 12.8. The summed E-state index contributed by atoms with van der Waals surface area (Å²) in [4.78, 5) is 0. The molecule has 1 fully saturated rings. The molecule has 0 spiro atoms. The third-order valence-corrected chi connectivity index (χ3v) is 3.21. The lowest BCUT2D eigenvalue weighted by Crippen LogP contribution is -2.57. The summed E-state index contributed by atoms with van der Waals surface area (Å²) < 4.78 is 10.7. The molecule has 102 valence electrons. The molecule has 17 heavy (non-hydrogen) atoms. The van der Waals surface area contributed by atoms with Crippen LogP contribution in [0.25, 0.3) is 0 Å². The van der Waals surface area contributed by atoms with Crippen LogP contribution in [0.3, 0.4) is 0 Å². The maximum Gasteiger partial charge on any atom is 0.186 e. The Balaban J connectivity index is 2.28. The lowest BCUT2D eigenvalue weighted by molar-refractivity contribution is -0.293. The fourth-order valence-corrected chi connectivity index (χ4v) is 1.96. The predicted octanol–water partition coefficient (Wildman–Crippen LogP) is -0.0694. The van der Waals surface area contributed by atoms with Gasteiger partial charge in [0.05, 0.1) is 6.10 Å². The monoisotopic (exact) mass is 266 g/mol. The second-order valence-electron chi connectivity index (χ2n) is 4.34. The molecule has 0 aromatic rings. The molecule has 0 amide bonds. The highest BCUT2D eigenvalue weighted by atomic mass is 32.1. The van der Waals surface area contributed by atoms with Crippen molar-refractivity contribution in [3.63, 3.8) is 0 Å². The SMILES string of the molecule is CC1OC(OCCCCCS)C(O)C(O)C1O. The van der Waals surface area contributed by atoms with Gasteiger partial charge in [0.2, 0.25) is 0 Å². The van der Waals surface area contributed by atoms with Gasteiger partial charge in [-0.15, -0.1) is 0 Å². The molecule has 0 radical (unpaired) electrons. The quantitative estimate of drug-likeness (QED) is 0.400. The molecule has 1 aliphatic heterocycles. The van der Waals surface area contributed by atoms with Gasteiger partial charge in [-0.1, -0.05) is 6.42 Å². The molecular formula is C11H22O5S. The Morgan fingerprint density at radius 1 is 1.06 bits per heavy atom. The van der Waals surface area contributed by atoms with E-state index >= 15 is 0 Å². The van der Waals surface area contributed by atoms with Crippen molar-refractivity contribution in [2.75, 3.05) is 12.4 Å².